The van der Waals surface area contributed by atoms with E-state index < -0.39 is 0 Å². The maximum absolute atomic E-state index is 12.9. The number of fused-ring (bicyclic) bond motifs is 1. The third-order valence-corrected chi connectivity index (χ3v) is 4.69. The lowest BCUT2D eigenvalue weighted by molar-refractivity contribution is 0.164. The van der Waals surface area contributed by atoms with Crippen LogP contribution in [0, 0.1) is 11.7 Å². The third kappa shape index (κ3) is 2.69. The number of nitrogens with one attached hydrogen (secondary N) is 1. The molecule has 0 bridgehead atoms. The van der Waals surface area contributed by atoms with Crippen LogP contribution in [0.2, 0.25) is 0 Å². The van der Waals surface area contributed by atoms with Crippen LogP contribution in [-0.2, 0) is 0 Å². The highest BCUT2D eigenvalue weighted by atomic mass is 32.1. The number of aromatic nitrogens is 3. The fourth-order valence-electron chi connectivity index (χ4n) is 2.37. The molecular weight excluding hydrogens is 303 g/mol. The van der Waals surface area contributed by atoms with Crippen molar-refractivity contribution in [2.45, 2.75) is 18.9 Å². The molecule has 0 saturated heterocycles. The maximum atomic E-state index is 12.9. The van der Waals surface area contributed by atoms with Crippen molar-refractivity contribution in [2.75, 3.05) is 11.9 Å². The molecule has 1 fully saturated rings. The van der Waals surface area contributed by atoms with E-state index in [4.69, 9.17) is 0 Å². The summed E-state index contributed by atoms with van der Waals surface area (Å²) < 4.78 is 14.6. The summed E-state index contributed by atoms with van der Waals surface area (Å²) in [5, 5.41) is 18.2. The Morgan fingerprint density at radius 1 is 1.36 bits per heavy atom. The van der Waals surface area contributed by atoms with Crippen LogP contribution < -0.4 is 5.32 Å². The first kappa shape index (κ1) is 13.7. The van der Waals surface area contributed by atoms with E-state index in [1.807, 2.05) is 6.20 Å². The average molecular weight is 318 g/mol. The van der Waals surface area contributed by atoms with Gasteiger partial charge in [0.25, 0.3) is 0 Å². The largest absolute Gasteiger partial charge is 0.391 e. The molecule has 5 nitrogen and oxygen atoms in total. The van der Waals surface area contributed by atoms with Crippen LogP contribution >= 0.6 is 11.3 Å². The number of benzene rings is 1. The molecule has 1 aliphatic carbocycles. The van der Waals surface area contributed by atoms with Gasteiger partial charge in [-0.05, 0) is 43.0 Å². The molecule has 0 amide bonds. The van der Waals surface area contributed by atoms with Gasteiger partial charge in [0, 0.05) is 12.1 Å². The highest BCUT2D eigenvalue weighted by Crippen LogP contribution is 2.33. The second-order valence-electron chi connectivity index (χ2n) is 5.55. The number of rotatable bonds is 5. The normalized spacial score (nSPS) is 16.1. The molecule has 0 unspecified atom stereocenters. The summed E-state index contributed by atoms with van der Waals surface area (Å²) in [6.07, 6.45) is 3.75. The predicted octanol–water partition coefficient (Wildman–Crippen LogP) is 2.78. The second kappa shape index (κ2) is 5.33. The zero-order valence-electron chi connectivity index (χ0n) is 11.7. The summed E-state index contributed by atoms with van der Waals surface area (Å²) in [6.45, 7) is 0.520. The first-order valence-electron chi connectivity index (χ1n) is 7.23. The Kier molecular flexibility index (Phi) is 3.31. The number of anilines is 1. The van der Waals surface area contributed by atoms with Gasteiger partial charge >= 0.3 is 0 Å². The van der Waals surface area contributed by atoms with E-state index in [1.165, 1.54) is 23.5 Å². The number of aliphatic hydroxyl groups excluding tert-OH is 1. The van der Waals surface area contributed by atoms with Crippen molar-refractivity contribution in [1.29, 1.82) is 0 Å². The van der Waals surface area contributed by atoms with Crippen LogP contribution in [0.15, 0.2) is 30.5 Å². The summed E-state index contributed by atoms with van der Waals surface area (Å²) in [5.41, 5.74) is 1.63. The third-order valence-electron chi connectivity index (χ3n) is 3.81. The molecule has 1 atom stereocenters. The van der Waals surface area contributed by atoms with Gasteiger partial charge in [-0.2, -0.15) is 0 Å². The molecule has 7 heteroatoms. The lowest BCUT2D eigenvalue weighted by Crippen LogP contribution is -2.21. The molecule has 22 heavy (non-hydrogen) atoms. The highest BCUT2D eigenvalue weighted by molar-refractivity contribution is 7.20. The Hall–Kier alpha value is -1.99. The van der Waals surface area contributed by atoms with Gasteiger partial charge in [-0.3, -0.25) is 0 Å². The molecule has 2 N–H and O–H groups in total. The van der Waals surface area contributed by atoms with Gasteiger partial charge in [0.05, 0.1) is 18.0 Å². The fourth-order valence-corrected chi connectivity index (χ4v) is 3.16. The maximum Gasteiger partial charge on any atom is 0.214 e. The Morgan fingerprint density at radius 2 is 2.14 bits per heavy atom. The van der Waals surface area contributed by atoms with E-state index in [-0.39, 0.29) is 11.9 Å². The number of nitrogens with zero attached hydrogens (tertiary/aromatic N) is 3. The lowest BCUT2D eigenvalue weighted by atomic mass is 10.2. The van der Waals surface area contributed by atoms with Crippen molar-refractivity contribution in [3.05, 3.63) is 36.3 Å². The molecule has 0 spiro atoms. The number of aliphatic hydroxyl groups is 1. The molecule has 0 radical (unpaired) electrons. The Labute approximate surface area is 130 Å². The zero-order chi connectivity index (χ0) is 15.1. The van der Waals surface area contributed by atoms with E-state index in [0.29, 0.717) is 12.5 Å². The zero-order valence-corrected chi connectivity index (χ0v) is 12.6. The Balaban J connectivity index is 1.50. The number of hydrogen-bond acceptors (Lipinski definition) is 5. The molecule has 4 rings (SSSR count). The van der Waals surface area contributed by atoms with E-state index in [9.17, 15) is 9.50 Å². The number of halogens is 1. The van der Waals surface area contributed by atoms with Crippen molar-refractivity contribution in [2.24, 2.45) is 5.92 Å². The van der Waals surface area contributed by atoms with Crippen molar-refractivity contribution >= 4 is 21.4 Å². The van der Waals surface area contributed by atoms with Gasteiger partial charge in [0.2, 0.25) is 10.1 Å². The Bertz CT molecular complexity index is 762. The van der Waals surface area contributed by atoms with Crippen molar-refractivity contribution in [3.8, 4) is 11.3 Å². The first-order chi connectivity index (χ1) is 10.7. The SMILES string of the molecule is O[C@H](CNc1nn2cc(-c3ccc(F)cc3)nc2s1)C1CC1. The standard InChI is InChI=1S/C15H15FN4OS/c16-11-5-3-9(4-6-11)12-8-20-15(18-12)22-14(19-20)17-7-13(21)10-1-2-10/h3-6,8,10,13,21H,1-2,7H2,(H,17,19)/t13-/m1/s1. The van der Waals surface area contributed by atoms with Gasteiger partial charge in [-0.1, -0.05) is 11.3 Å². The minimum Gasteiger partial charge on any atom is -0.391 e. The van der Waals surface area contributed by atoms with Crippen LogP contribution in [0.1, 0.15) is 12.8 Å². The molecule has 114 valence electrons. The van der Waals surface area contributed by atoms with Crippen molar-refractivity contribution < 1.29 is 9.50 Å². The van der Waals surface area contributed by atoms with Crippen LogP contribution in [0.25, 0.3) is 16.2 Å². The number of hydrogen-bond donors (Lipinski definition) is 2. The van der Waals surface area contributed by atoms with Crippen molar-refractivity contribution in [3.63, 3.8) is 0 Å². The topological polar surface area (TPSA) is 62.5 Å². The summed E-state index contributed by atoms with van der Waals surface area (Å²) in [4.78, 5) is 5.27. The van der Waals surface area contributed by atoms with Gasteiger partial charge in [0.1, 0.15) is 5.82 Å². The minimum absolute atomic E-state index is 0.261. The first-order valence-corrected chi connectivity index (χ1v) is 8.05. The molecule has 1 aliphatic rings. The molecule has 3 aromatic rings. The fraction of sp³-hybridized carbons (Fsp3) is 0.333. The molecule has 1 saturated carbocycles. The summed E-state index contributed by atoms with van der Waals surface area (Å²) in [6, 6.07) is 6.24. The van der Waals surface area contributed by atoms with Crippen LogP contribution in [0.4, 0.5) is 9.52 Å². The van der Waals surface area contributed by atoms with E-state index in [1.54, 1.807) is 16.6 Å². The van der Waals surface area contributed by atoms with E-state index in [2.05, 4.69) is 15.4 Å². The molecule has 2 heterocycles. The van der Waals surface area contributed by atoms with Gasteiger partial charge in [-0.25, -0.2) is 13.9 Å². The van der Waals surface area contributed by atoms with Crippen molar-refractivity contribution in [1.82, 2.24) is 14.6 Å². The monoisotopic (exact) mass is 318 g/mol. The predicted molar refractivity (Wildman–Crippen MR) is 83.5 cm³/mol. The Morgan fingerprint density at radius 3 is 2.82 bits per heavy atom. The summed E-state index contributed by atoms with van der Waals surface area (Å²) in [5.74, 6) is 0.185. The average Bonchev–Trinajstić information content (AvgIpc) is 3.18. The van der Waals surface area contributed by atoms with Crippen LogP contribution in [0.3, 0.4) is 0 Å². The molecular formula is C15H15FN4OS. The molecule has 0 aliphatic heterocycles. The number of imidazole rings is 1. The summed E-state index contributed by atoms with van der Waals surface area (Å²) >= 11 is 1.43. The van der Waals surface area contributed by atoms with Gasteiger partial charge < -0.3 is 10.4 Å². The lowest BCUT2D eigenvalue weighted by Gasteiger charge is -2.08. The van der Waals surface area contributed by atoms with Gasteiger partial charge in [-0.15, -0.1) is 5.10 Å². The van der Waals surface area contributed by atoms with E-state index in [0.717, 1.165) is 34.2 Å². The van der Waals surface area contributed by atoms with Gasteiger partial charge in [0.15, 0.2) is 0 Å². The van der Waals surface area contributed by atoms with Crippen LogP contribution in [0.5, 0.6) is 0 Å². The van der Waals surface area contributed by atoms with Crippen LogP contribution in [-0.4, -0.2) is 32.4 Å². The van der Waals surface area contributed by atoms with E-state index >= 15 is 0 Å². The highest BCUT2D eigenvalue weighted by Gasteiger charge is 2.29. The quantitative estimate of drug-likeness (QED) is 0.759. The molecule has 2 aromatic heterocycles. The minimum atomic E-state index is -0.300. The smallest absolute Gasteiger partial charge is 0.214 e. The molecule has 1 aromatic carbocycles. The second-order valence-corrected chi connectivity index (χ2v) is 6.51. The summed E-state index contributed by atoms with van der Waals surface area (Å²) in [7, 11) is 0.